The van der Waals surface area contributed by atoms with Gasteiger partial charge in [-0.2, -0.15) is 0 Å². The summed E-state index contributed by atoms with van der Waals surface area (Å²) in [7, 11) is 0. The number of nitrogens with zero attached hydrogens (tertiary/aromatic N) is 2. The molecule has 0 saturated heterocycles. The number of benzene rings is 1. The minimum absolute atomic E-state index is 0.0179. The third-order valence-electron chi connectivity index (χ3n) is 3.52. The van der Waals surface area contributed by atoms with Gasteiger partial charge in [0.2, 0.25) is 5.91 Å². The third-order valence-corrected chi connectivity index (χ3v) is 4.34. The van der Waals surface area contributed by atoms with Gasteiger partial charge in [0, 0.05) is 12.1 Å². The zero-order valence-corrected chi connectivity index (χ0v) is 15.4. The van der Waals surface area contributed by atoms with Crippen LogP contribution in [0.4, 0.5) is 5.69 Å². The molecule has 0 fully saturated rings. The van der Waals surface area contributed by atoms with Crippen LogP contribution in [0.2, 0.25) is 0 Å². The van der Waals surface area contributed by atoms with Crippen molar-refractivity contribution in [2.75, 3.05) is 11.1 Å². The lowest BCUT2D eigenvalue weighted by Gasteiger charge is -2.08. The van der Waals surface area contributed by atoms with Crippen molar-refractivity contribution in [3.63, 3.8) is 0 Å². The van der Waals surface area contributed by atoms with Crippen molar-refractivity contribution in [1.82, 2.24) is 10.2 Å². The second-order valence-corrected chi connectivity index (χ2v) is 7.31. The first-order chi connectivity index (χ1) is 11.3. The van der Waals surface area contributed by atoms with Gasteiger partial charge in [-0.25, -0.2) is 0 Å². The third kappa shape index (κ3) is 5.35. The molecule has 1 aromatic heterocycles. The van der Waals surface area contributed by atoms with Crippen LogP contribution in [-0.2, 0) is 4.79 Å². The molecule has 2 aromatic rings. The maximum Gasteiger partial charge on any atom is 0.277 e. The molecule has 1 aromatic carbocycles. The lowest BCUT2D eigenvalue weighted by Crippen LogP contribution is -2.54. The molecule has 0 aliphatic rings. The fourth-order valence-corrected chi connectivity index (χ4v) is 2.87. The zero-order chi connectivity index (χ0) is 17.7. The molecule has 4 N–H and O–H groups in total. The summed E-state index contributed by atoms with van der Waals surface area (Å²) in [5.41, 5.74) is 7.02. The Balaban J connectivity index is 1.88. The number of carbonyl (C=O) groups is 1. The van der Waals surface area contributed by atoms with Gasteiger partial charge < -0.3 is 15.5 Å². The Morgan fingerprint density at radius 1 is 1.33 bits per heavy atom. The average molecular weight is 349 g/mol. The van der Waals surface area contributed by atoms with E-state index in [4.69, 9.17) is 4.42 Å². The van der Waals surface area contributed by atoms with Crippen molar-refractivity contribution in [1.29, 1.82) is 0 Å². The maximum atomic E-state index is 12.1. The van der Waals surface area contributed by atoms with Crippen LogP contribution >= 0.6 is 11.8 Å². The summed E-state index contributed by atoms with van der Waals surface area (Å²) in [6.45, 7) is 8.22. The number of rotatable bonds is 7. The van der Waals surface area contributed by atoms with Gasteiger partial charge in [0.15, 0.2) is 6.04 Å². The molecule has 0 aliphatic heterocycles. The summed E-state index contributed by atoms with van der Waals surface area (Å²) in [5, 5.41) is 11.3. The highest BCUT2D eigenvalue weighted by molar-refractivity contribution is 7.99. The fraction of sp³-hybridized carbons (Fsp3) is 0.471. The average Bonchev–Trinajstić information content (AvgIpc) is 2.97. The molecule has 1 atom stereocenters. The molecule has 6 nitrogen and oxygen atoms in total. The number of quaternary nitrogens is 1. The molecule has 24 heavy (non-hydrogen) atoms. The molecule has 0 spiro atoms. The van der Waals surface area contributed by atoms with Gasteiger partial charge >= 0.3 is 0 Å². The molecule has 0 radical (unpaired) electrons. The van der Waals surface area contributed by atoms with Crippen LogP contribution in [0.5, 0.6) is 0 Å². The van der Waals surface area contributed by atoms with Gasteiger partial charge in [-0.05, 0) is 37.0 Å². The standard InChI is InChI=1S/C17H24N4O2S/c1-10(2)7-13(18)16-20-21-17(23-16)24-9-15(22)19-14-8-11(3)5-6-12(14)4/h5-6,8,10,13H,7,9,18H2,1-4H3,(H,19,22)/p+1/t13-/m0/s1. The summed E-state index contributed by atoms with van der Waals surface area (Å²) < 4.78 is 5.59. The quantitative estimate of drug-likeness (QED) is 0.749. The van der Waals surface area contributed by atoms with Crippen LogP contribution in [0.1, 0.15) is 43.3 Å². The number of aromatic nitrogens is 2. The van der Waals surface area contributed by atoms with Gasteiger partial charge in [0.25, 0.3) is 11.1 Å². The SMILES string of the molecule is Cc1ccc(C)c(NC(=O)CSc2nnc([C@@H]([NH3+])CC(C)C)o2)c1. The first-order valence-corrected chi connectivity index (χ1v) is 9.00. The highest BCUT2D eigenvalue weighted by Gasteiger charge is 2.19. The minimum atomic E-state index is -0.0956. The first kappa shape index (κ1) is 18.5. The van der Waals surface area contributed by atoms with Crippen LogP contribution in [0, 0.1) is 19.8 Å². The summed E-state index contributed by atoms with van der Waals surface area (Å²) in [4.78, 5) is 12.1. The largest absolute Gasteiger partial charge is 0.410 e. The maximum absolute atomic E-state index is 12.1. The summed E-state index contributed by atoms with van der Waals surface area (Å²) in [6.07, 6.45) is 0.888. The number of hydrogen-bond acceptors (Lipinski definition) is 5. The van der Waals surface area contributed by atoms with Crippen molar-refractivity contribution in [3.05, 3.63) is 35.2 Å². The van der Waals surface area contributed by atoms with E-state index >= 15 is 0 Å². The molecule has 0 saturated carbocycles. The number of carbonyl (C=O) groups excluding carboxylic acids is 1. The molecule has 0 bridgehead atoms. The lowest BCUT2D eigenvalue weighted by molar-refractivity contribution is -0.435. The highest BCUT2D eigenvalue weighted by Crippen LogP contribution is 2.22. The number of aryl methyl sites for hydroxylation is 2. The van der Waals surface area contributed by atoms with E-state index in [-0.39, 0.29) is 17.7 Å². The van der Waals surface area contributed by atoms with E-state index in [1.165, 1.54) is 11.8 Å². The van der Waals surface area contributed by atoms with E-state index < -0.39 is 0 Å². The molecule has 1 amide bonds. The second kappa shape index (κ2) is 8.30. The Hall–Kier alpha value is -1.86. The Morgan fingerprint density at radius 2 is 2.08 bits per heavy atom. The molecular formula is C17H25N4O2S+. The normalized spacial score (nSPS) is 12.4. The van der Waals surface area contributed by atoms with E-state index in [1.807, 2.05) is 32.0 Å². The van der Waals surface area contributed by atoms with Crippen molar-refractivity contribution >= 4 is 23.4 Å². The van der Waals surface area contributed by atoms with E-state index in [2.05, 4.69) is 35.1 Å². The first-order valence-electron chi connectivity index (χ1n) is 8.01. The van der Waals surface area contributed by atoms with Crippen molar-refractivity contribution in [2.45, 2.75) is 45.4 Å². The molecule has 1 heterocycles. The summed E-state index contributed by atoms with van der Waals surface area (Å²) in [5.74, 6) is 1.17. The number of thioether (sulfide) groups is 1. The van der Waals surface area contributed by atoms with Crippen molar-refractivity contribution in [3.8, 4) is 0 Å². The molecule has 7 heteroatoms. The lowest BCUT2D eigenvalue weighted by atomic mass is 10.1. The van der Waals surface area contributed by atoms with Crippen LogP contribution < -0.4 is 11.1 Å². The topological polar surface area (TPSA) is 95.7 Å². The van der Waals surface area contributed by atoms with Gasteiger partial charge in [-0.15, -0.1) is 10.2 Å². The van der Waals surface area contributed by atoms with E-state index in [0.717, 1.165) is 23.2 Å². The molecule has 0 unspecified atom stereocenters. The highest BCUT2D eigenvalue weighted by atomic mass is 32.2. The van der Waals surface area contributed by atoms with Crippen LogP contribution in [0.25, 0.3) is 0 Å². The van der Waals surface area contributed by atoms with Gasteiger partial charge in [-0.3, -0.25) is 4.79 Å². The fourth-order valence-electron chi connectivity index (χ4n) is 2.30. The summed E-state index contributed by atoms with van der Waals surface area (Å²) >= 11 is 1.23. The molecule has 2 rings (SSSR count). The van der Waals surface area contributed by atoms with E-state index in [9.17, 15) is 4.79 Å². The minimum Gasteiger partial charge on any atom is -0.410 e. The van der Waals surface area contributed by atoms with Crippen LogP contribution in [-0.4, -0.2) is 21.9 Å². The summed E-state index contributed by atoms with van der Waals surface area (Å²) in [6, 6.07) is 5.95. The van der Waals surface area contributed by atoms with E-state index in [0.29, 0.717) is 17.0 Å². The number of amides is 1. The number of nitrogens with one attached hydrogen (secondary N) is 1. The van der Waals surface area contributed by atoms with Gasteiger partial charge in [0.1, 0.15) is 0 Å². The van der Waals surface area contributed by atoms with Gasteiger partial charge in [-0.1, -0.05) is 37.7 Å². The Kier molecular flexibility index (Phi) is 6.39. The predicted molar refractivity (Wildman–Crippen MR) is 94.7 cm³/mol. The van der Waals surface area contributed by atoms with Gasteiger partial charge in [0.05, 0.1) is 5.75 Å². The Bertz CT molecular complexity index is 700. The monoisotopic (exact) mass is 349 g/mol. The van der Waals surface area contributed by atoms with E-state index in [1.54, 1.807) is 0 Å². The smallest absolute Gasteiger partial charge is 0.277 e. The molecule has 0 aliphatic carbocycles. The van der Waals surface area contributed by atoms with Crippen LogP contribution in [0.3, 0.4) is 0 Å². The molecular weight excluding hydrogens is 324 g/mol. The van der Waals surface area contributed by atoms with Crippen molar-refractivity contribution < 1.29 is 14.9 Å². The van der Waals surface area contributed by atoms with Crippen LogP contribution in [0.15, 0.2) is 27.8 Å². The zero-order valence-electron chi connectivity index (χ0n) is 14.6. The predicted octanol–water partition coefficient (Wildman–Crippen LogP) is 2.75. The van der Waals surface area contributed by atoms with Crippen molar-refractivity contribution in [2.24, 2.45) is 5.92 Å². The Labute approximate surface area is 146 Å². The second-order valence-electron chi connectivity index (χ2n) is 6.39. The number of hydrogen-bond donors (Lipinski definition) is 2. The number of anilines is 1. The Morgan fingerprint density at radius 3 is 2.79 bits per heavy atom. The molecule has 130 valence electrons.